The Morgan fingerprint density at radius 1 is 0.889 bits per heavy atom. The van der Waals surface area contributed by atoms with Crippen molar-refractivity contribution in [1.29, 1.82) is 0 Å². The third-order valence-electron chi connectivity index (χ3n) is 3.52. The van der Waals surface area contributed by atoms with Gasteiger partial charge in [0.25, 0.3) is 5.69 Å². The first-order valence-corrected chi connectivity index (χ1v) is 9.05. The van der Waals surface area contributed by atoms with Gasteiger partial charge in [-0.2, -0.15) is 0 Å². The lowest BCUT2D eigenvalue weighted by atomic mass is 10.3. The van der Waals surface area contributed by atoms with E-state index in [1.165, 1.54) is 23.9 Å². The van der Waals surface area contributed by atoms with Crippen molar-refractivity contribution in [3.8, 4) is 0 Å². The molecule has 2 amide bonds. The number of carbonyl (C=O) groups excluding carboxylic acids is 1. The molecule has 3 aromatic rings. The predicted octanol–water partition coefficient (Wildman–Crippen LogP) is 6.04. The summed E-state index contributed by atoms with van der Waals surface area (Å²) >= 11 is 7.49. The number of nitro benzene ring substituents is 1. The number of para-hydroxylation sites is 1. The van der Waals surface area contributed by atoms with E-state index >= 15 is 0 Å². The van der Waals surface area contributed by atoms with Crippen LogP contribution in [0.15, 0.2) is 82.6 Å². The number of halogens is 1. The van der Waals surface area contributed by atoms with Gasteiger partial charge in [-0.15, -0.1) is 0 Å². The van der Waals surface area contributed by atoms with Crippen molar-refractivity contribution in [3.63, 3.8) is 0 Å². The first-order chi connectivity index (χ1) is 13.0. The maximum atomic E-state index is 12.1. The average Bonchev–Trinajstić information content (AvgIpc) is 2.66. The molecule has 0 aliphatic rings. The fraction of sp³-hybridized carbons (Fsp3) is 0. The first kappa shape index (κ1) is 18.8. The quantitative estimate of drug-likeness (QED) is 0.404. The summed E-state index contributed by atoms with van der Waals surface area (Å²) in [5.41, 5.74) is 1.22. The van der Waals surface area contributed by atoms with Crippen molar-refractivity contribution in [2.75, 3.05) is 10.6 Å². The second kappa shape index (κ2) is 8.57. The average molecular weight is 400 g/mol. The number of benzene rings is 3. The molecule has 0 aliphatic carbocycles. The van der Waals surface area contributed by atoms with Crippen molar-refractivity contribution in [3.05, 3.63) is 87.9 Å². The summed E-state index contributed by atoms with van der Waals surface area (Å²) in [6.45, 7) is 0. The van der Waals surface area contributed by atoms with Crippen LogP contribution in [-0.2, 0) is 0 Å². The molecule has 0 atom stereocenters. The lowest BCUT2D eigenvalue weighted by Crippen LogP contribution is -2.19. The molecule has 0 unspecified atom stereocenters. The number of anilines is 2. The van der Waals surface area contributed by atoms with E-state index in [2.05, 4.69) is 10.6 Å². The van der Waals surface area contributed by atoms with E-state index in [4.69, 9.17) is 11.6 Å². The van der Waals surface area contributed by atoms with Crippen LogP contribution in [0.5, 0.6) is 0 Å². The van der Waals surface area contributed by atoms with Crippen LogP contribution in [0.25, 0.3) is 0 Å². The molecule has 0 fully saturated rings. The third kappa shape index (κ3) is 5.22. The van der Waals surface area contributed by atoms with Gasteiger partial charge in [0.2, 0.25) is 0 Å². The molecule has 0 spiro atoms. The third-order valence-corrected chi connectivity index (χ3v) is 4.86. The van der Waals surface area contributed by atoms with Crippen LogP contribution in [0.2, 0.25) is 5.02 Å². The molecule has 0 saturated heterocycles. The van der Waals surface area contributed by atoms with Crippen molar-refractivity contribution in [2.45, 2.75) is 9.79 Å². The summed E-state index contributed by atoms with van der Waals surface area (Å²) in [6, 6.07) is 20.2. The molecule has 0 saturated carbocycles. The smallest absolute Gasteiger partial charge is 0.308 e. The first-order valence-electron chi connectivity index (χ1n) is 7.86. The minimum absolute atomic E-state index is 0.0587. The Bertz CT molecular complexity index is 963. The zero-order chi connectivity index (χ0) is 19.2. The van der Waals surface area contributed by atoms with E-state index in [0.717, 1.165) is 9.79 Å². The Labute approximate surface area is 164 Å². The molecule has 6 nitrogen and oxygen atoms in total. The number of hydrogen-bond donors (Lipinski definition) is 2. The standard InChI is InChI=1S/C19H14ClN3O3S/c20-17-3-1-2-4-18(17)22-19(24)21-13-5-9-15(10-6-13)27-16-11-7-14(8-12-16)23(25)26/h1-12H,(H2,21,22,24). The molecular weight excluding hydrogens is 386 g/mol. The normalized spacial score (nSPS) is 10.3. The van der Waals surface area contributed by atoms with Gasteiger partial charge < -0.3 is 10.6 Å². The zero-order valence-corrected chi connectivity index (χ0v) is 15.5. The fourth-order valence-corrected chi connectivity index (χ4v) is 3.23. The number of nitrogens with one attached hydrogen (secondary N) is 2. The highest BCUT2D eigenvalue weighted by atomic mass is 35.5. The van der Waals surface area contributed by atoms with E-state index in [-0.39, 0.29) is 11.7 Å². The highest BCUT2D eigenvalue weighted by molar-refractivity contribution is 7.99. The highest BCUT2D eigenvalue weighted by Crippen LogP contribution is 2.30. The topological polar surface area (TPSA) is 84.3 Å². The number of nitro groups is 1. The van der Waals surface area contributed by atoms with Crippen LogP contribution >= 0.6 is 23.4 Å². The Morgan fingerprint density at radius 3 is 2.07 bits per heavy atom. The molecule has 0 aromatic heterocycles. The van der Waals surface area contributed by atoms with Crippen molar-refractivity contribution in [2.24, 2.45) is 0 Å². The summed E-state index contributed by atoms with van der Waals surface area (Å²) < 4.78 is 0. The van der Waals surface area contributed by atoms with Gasteiger partial charge in [-0.3, -0.25) is 10.1 Å². The van der Waals surface area contributed by atoms with Crippen molar-refractivity contribution < 1.29 is 9.72 Å². The minimum atomic E-state index is -0.428. The largest absolute Gasteiger partial charge is 0.323 e. The van der Waals surface area contributed by atoms with Crippen LogP contribution in [0.1, 0.15) is 0 Å². The van der Waals surface area contributed by atoms with Gasteiger partial charge in [0.15, 0.2) is 0 Å². The predicted molar refractivity (Wildman–Crippen MR) is 108 cm³/mol. The van der Waals surface area contributed by atoms with E-state index in [0.29, 0.717) is 16.4 Å². The number of non-ortho nitro benzene ring substituents is 1. The number of hydrogen-bond acceptors (Lipinski definition) is 4. The van der Waals surface area contributed by atoms with Gasteiger partial charge in [0, 0.05) is 27.6 Å². The molecular formula is C19H14ClN3O3S. The van der Waals surface area contributed by atoms with Crippen LogP contribution in [0.3, 0.4) is 0 Å². The van der Waals surface area contributed by atoms with E-state index < -0.39 is 4.92 Å². The maximum absolute atomic E-state index is 12.1. The van der Waals surface area contributed by atoms with E-state index in [1.807, 2.05) is 12.1 Å². The maximum Gasteiger partial charge on any atom is 0.323 e. The summed E-state index contributed by atoms with van der Waals surface area (Å²) in [5, 5.41) is 16.6. The molecule has 0 heterocycles. The second-order valence-electron chi connectivity index (χ2n) is 5.44. The Balaban J connectivity index is 1.59. The molecule has 3 aromatic carbocycles. The molecule has 0 aliphatic heterocycles. The lowest BCUT2D eigenvalue weighted by molar-refractivity contribution is -0.384. The van der Waals surface area contributed by atoms with E-state index in [1.54, 1.807) is 48.5 Å². The highest BCUT2D eigenvalue weighted by Gasteiger charge is 2.07. The molecule has 2 N–H and O–H groups in total. The molecule has 136 valence electrons. The Morgan fingerprint density at radius 2 is 1.48 bits per heavy atom. The molecule has 0 bridgehead atoms. The van der Waals surface area contributed by atoms with Crippen molar-refractivity contribution in [1.82, 2.24) is 0 Å². The van der Waals surface area contributed by atoms with Gasteiger partial charge in [-0.1, -0.05) is 35.5 Å². The van der Waals surface area contributed by atoms with Crippen molar-refractivity contribution >= 4 is 46.5 Å². The lowest BCUT2D eigenvalue weighted by Gasteiger charge is -2.09. The second-order valence-corrected chi connectivity index (χ2v) is 6.99. The molecule has 27 heavy (non-hydrogen) atoms. The minimum Gasteiger partial charge on any atom is -0.308 e. The van der Waals surface area contributed by atoms with E-state index in [9.17, 15) is 14.9 Å². The number of amides is 2. The Kier molecular flexibility index (Phi) is 5.95. The fourth-order valence-electron chi connectivity index (χ4n) is 2.23. The summed E-state index contributed by atoms with van der Waals surface area (Å²) in [5.74, 6) is 0. The van der Waals surface area contributed by atoms with Crippen LogP contribution in [0.4, 0.5) is 21.9 Å². The summed E-state index contributed by atoms with van der Waals surface area (Å²) in [4.78, 5) is 24.1. The van der Waals surface area contributed by atoms with Crippen LogP contribution < -0.4 is 10.6 Å². The van der Waals surface area contributed by atoms with Gasteiger partial charge in [0.1, 0.15) is 0 Å². The number of rotatable bonds is 5. The summed E-state index contributed by atoms with van der Waals surface area (Å²) in [6.07, 6.45) is 0. The molecule has 3 rings (SSSR count). The Hall–Kier alpha value is -3.03. The number of nitrogens with zero attached hydrogens (tertiary/aromatic N) is 1. The van der Waals surface area contributed by atoms with Gasteiger partial charge in [-0.05, 0) is 48.5 Å². The van der Waals surface area contributed by atoms with Gasteiger partial charge >= 0.3 is 6.03 Å². The molecule has 0 radical (unpaired) electrons. The van der Waals surface area contributed by atoms with Crippen LogP contribution in [0, 0.1) is 10.1 Å². The zero-order valence-electron chi connectivity index (χ0n) is 13.9. The number of urea groups is 1. The van der Waals surface area contributed by atoms with Crippen LogP contribution in [-0.4, -0.2) is 11.0 Å². The SMILES string of the molecule is O=C(Nc1ccc(Sc2ccc([N+](=O)[O-])cc2)cc1)Nc1ccccc1Cl. The molecule has 8 heteroatoms. The van der Waals surface area contributed by atoms with Gasteiger partial charge in [0.05, 0.1) is 15.6 Å². The number of carbonyl (C=O) groups is 1. The monoisotopic (exact) mass is 399 g/mol. The van der Waals surface area contributed by atoms with Gasteiger partial charge in [-0.25, -0.2) is 4.79 Å². The summed E-state index contributed by atoms with van der Waals surface area (Å²) in [7, 11) is 0.